The normalized spacial score (nSPS) is 12.5. The van der Waals surface area contributed by atoms with E-state index in [0.717, 1.165) is 96.3 Å². The second-order valence-corrected chi connectivity index (χ2v) is 17.4. The van der Waals surface area contributed by atoms with Crippen LogP contribution < -0.4 is 0 Å². The molecule has 0 fully saturated rings. The van der Waals surface area contributed by atoms with Crippen molar-refractivity contribution in [2.45, 2.75) is 264 Å². The van der Waals surface area contributed by atoms with Gasteiger partial charge in [0.1, 0.15) is 13.2 Å². The maximum absolute atomic E-state index is 12.7. The number of esters is 3. The zero-order chi connectivity index (χ0) is 45.1. The summed E-state index contributed by atoms with van der Waals surface area (Å²) in [4.78, 5) is 37.9. The van der Waals surface area contributed by atoms with Gasteiger partial charge in [-0.05, 0) is 77.0 Å². The van der Waals surface area contributed by atoms with Gasteiger partial charge in [-0.1, -0.05) is 223 Å². The second-order valence-electron chi connectivity index (χ2n) is 17.4. The molecule has 0 saturated carbocycles. The van der Waals surface area contributed by atoms with Crippen molar-refractivity contribution >= 4 is 17.9 Å². The summed E-state index contributed by atoms with van der Waals surface area (Å²) in [6.45, 7) is 6.47. The minimum absolute atomic E-state index is 0.0767. The molecule has 0 rings (SSSR count). The Balaban J connectivity index is 4.23. The van der Waals surface area contributed by atoms with Crippen molar-refractivity contribution in [1.29, 1.82) is 0 Å². The first kappa shape index (κ1) is 59.1. The van der Waals surface area contributed by atoms with E-state index in [0.29, 0.717) is 19.3 Å². The minimum Gasteiger partial charge on any atom is -0.462 e. The molecule has 6 heteroatoms. The Bertz CT molecular complexity index is 1130. The average Bonchev–Trinajstić information content (AvgIpc) is 3.27. The molecule has 0 aromatic carbocycles. The van der Waals surface area contributed by atoms with Crippen LogP contribution in [-0.2, 0) is 28.6 Å². The Kier molecular flexibility index (Phi) is 48.4. The van der Waals surface area contributed by atoms with E-state index in [2.05, 4.69) is 81.5 Å². The van der Waals surface area contributed by atoms with Gasteiger partial charge in [0.15, 0.2) is 6.10 Å². The smallest absolute Gasteiger partial charge is 0.306 e. The first-order valence-corrected chi connectivity index (χ1v) is 26.3. The molecule has 0 aliphatic carbocycles. The van der Waals surface area contributed by atoms with Crippen molar-refractivity contribution in [2.75, 3.05) is 13.2 Å². The Labute approximate surface area is 383 Å². The minimum atomic E-state index is -0.776. The molecule has 6 nitrogen and oxygen atoms in total. The molecule has 0 aromatic heterocycles. The quantitative estimate of drug-likeness (QED) is 0.0262. The number of ether oxygens (including phenoxy) is 3. The van der Waals surface area contributed by atoms with Crippen LogP contribution in [0.3, 0.4) is 0 Å². The summed E-state index contributed by atoms with van der Waals surface area (Å²) in [7, 11) is 0. The van der Waals surface area contributed by atoms with Gasteiger partial charge in [-0.2, -0.15) is 0 Å². The largest absolute Gasteiger partial charge is 0.462 e. The lowest BCUT2D eigenvalue weighted by molar-refractivity contribution is -0.167. The average molecular weight is 867 g/mol. The summed E-state index contributed by atoms with van der Waals surface area (Å²) < 4.78 is 16.8. The van der Waals surface area contributed by atoms with Gasteiger partial charge in [0.05, 0.1) is 0 Å². The van der Waals surface area contributed by atoms with Crippen LogP contribution in [0, 0.1) is 0 Å². The van der Waals surface area contributed by atoms with Gasteiger partial charge in [-0.25, -0.2) is 0 Å². The molecule has 0 spiro atoms. The fourth-order valence-electron chi connectivity index (χ4n) is 7.30. The van der Waals surface area contributed by atoms with Crippen LogP contribution >= 0.6 is 0 Å². The topological polar surface area (TPSA) is 78.9 Å². The van der Waals surface area contributed by atoms with Gasteiger partial charge < -0.3 is 14.2 Å². The summed E-state index contributed by atoms with van der Waals surface area (Å²) in [5, 5.41) is 0. The highest BCUT2D eigenvalue weighted by atomic mass is 16.6. The third-order valence-corrected chi connectivity index (χ3v) is 11.3. The van der Waals surface area contributed by atoms with Crippen LogP contribution in [0.5, 0.6) is 0 Å². The Morgan fingerprint density at radius 3 is 1.05 bits per heavy atom. The van der Waals surface area contributed by atoms with Crippen LogP contribution in [0.2, 0.25) is 0 Å². The lowest BCUT2D eigenvalue weighted by Gasteiger charge is -2.18. The first-order chi connectivity index (χ1) is 30.5. The summed E-state index contributed by atoms with van der Waals surface area (Å²) in [5.41, 5.74) is 0. The van der Waals surface area contributed by atoms with Crippen LogP contribution in [0.1, 0.15) is 258 Å². The number of carbonyl (C=O) groups excluding carboxylic acids is 3. The van der Waals surface area contributed by atoms with Crippen molar-refractivity contribution in [3.63, 3.8) is 0 Å². The molecule has 0 radical (unpaired) electrons. The summed E-state index contributed by atoms with van der Waals surface area (Å²) >= 11 is 0. The molecule has 0 amide bonds. The predicted octanol–water partition coefficient (Wildman–Crippen LogP) is 17.3. The number of allylic oxidation sites excluding steroid dienone is 10. The van der Waals surface area contributed by atoms with Gasteiger partial charge in [-0.15, -0.1) is 0 Å². The molecular weight excluding hydrogens is 769 g/mol. The third kappa shape index (κ3) is 48.1. The highest BCUT2D eigenvalue weighted by Gasteiger charge is 2.19. The molecule has 0 heterocycles. The van der Waals surface area contributed by atoms with Crippen molar-refractivity contribution in [3.05, 3.63) is 60.8 Å². The third-order valence-electron chi connectivity index (χ3n) is 11.3. The molecular formula is C56H98O6. The summed E-state index contributed by atoms with van der Waals surface area (Å²) in [5.74, 6) is -0.888. The van der Waals surface area contributed by atoms with Crippen molar-refractivity contribution in [1.82, 2.24) is 0 Å². The van der Waals surface area contributed by atoms with Crippen LogP contribution in [0.15, 0.2) is 60.8 Å². The lowest BCUT2D eigenvalue weighted by atomic mass is 10.1. The molecule has 0 aromatic rings. The van der Waals surface area contributed by atoms with Crippen LogP contribution in [0.4, 0.5) is 0 Å². The summed E-state index contributed by atoms with van der Waals surface area (Å²) in [6, 6.07) is 0. The van der Waals surface area contributed by atoms with E-state index in [9.17, 15) is 14.4 Å². The van der Waals surface area contributed by atoms with E-state index < -0.39 is 6.10 Å². The Morgan fingerprint density at radius 1 is 0.339 bits per heavy atom. The highest BCUT2D eigenvalue weighted by Crippen LogP contribution is 2.15. The fourth-order valence-corrected chi connectivity index (χ4v) is 7.30. The van der Waals surface area contributed by atoms with Gasteiger partial charge >= 0.3 is 17.9 Å². The monoisotopic (exact) mass is 867 g/mol. The molecule has 0 saturated heterocycles. The summed E-state index contributed by atoms with van der Waals surface area (Å²) in [6.07, 6.45) is 62.1. The van der Waals surface area contributed by atoms with E-state index in [1.165, 1.54) is 122 Å². The van der Waals surface area contributed by atoms with Crippen molar-refractivity contribution < 1.29 is 28.6 Å². The van der Waals surface area contributed by atoms with E-state index in [1.807, 2.05) is 0 Å². The van der Waals surface area contributed by atoms with Crippen LogP contribution in [0.25, 0.3) is 0 Å². The van der Waals surface area contributed by atoms with Gasteiger partial charge in [0.2, 0.25) is 0 Å². The highest BCUT2D eigenvalue weighted by molar-refractivity contribution is 5.71. The molecule has 0 N–H and O–H groups in total. The molecule has 0 aliphatic rings. The van der Waals surface area contributed by atoms with E-state index in [-0.39, 0.29) is 31.1 Å². The molecule has 62 heavy (non-hydrogen) atoms. The van der Waals surface area contributed by atoms with E-state index >= 15 is 0 Å². The van der Waals surface area contributed by atoms with Crippen LogP contribution in [-0.4, -0.2) is 37.2 Å². The number of unbranched alkanes of at least 4 members (excludes halogenated alkanes) is 26. The van der Waals surface area contributed by atoms with Crippen molar-refractivity contribution in [3.8, 4) is 0 Å². The van der Waals surface area contributed by atoms with Gasteiger partial charge in [0, 0.05) is 19.3 Å². The SMILES string of the molecule is CC/C=C\C/C=C\C/C=C\C/C=C\CCCCCCCCCCCCC(=O)OCC(COC(=O)CCCCCCCCCCCC)OC(=O)CCCCCCC/C=C\CCCC. The maximum Gasteiger partial charge on any atom is 0.306 e. The second kappa shape index (κ2) is 50.8. The van der Waals surface area contributed by atoms with Gasteiger partial charge in [0.25, 0.3) is 0 Å². The number of hydrogen-bond donors (Lipinski definition) is 0. The standard InChI is InChI=1S/C56H98O6/c1-4-7-10-13-16-19-22-23-24-25-26-27-28-29-30-31-32-33-35-37-40-43-46-49-55(58)61-52-53(51-60-54(57)48-45-42-39-36-21-18-15-12-9-6-3)62-56(59)50-47-44-41-38-34-20-17-14-11-8-5-2/h7,10,14,16-17,19,23-24,26-27,53H,4-6,8-9,11-13,15,18,20-22,25,28-52H2,1-3H3/b10-7-,17-14-,19-16-,24-23-,27-26-. The molecule has 358 valence electrons. The Hall–Kier alpha value is -2.89. The lowest BCUT2D eigenvalue weighted by Crippen LogP contribution is -2.30. The molecule has 0 bridgehead atoms. The van der Waals surface area contributed by atoms with Gasteiger partial charge in [-0.3, -0.25) is 14.4 Å². The molecule has 1 unspecified atom stereocenters. The predicted molar refractivity (Wildman–Crippen MR) is 265 cm³/mol. The first-order valence-electron chi connectivity index (χ1n) is 26.3. The van der Waals surface area contributed by atoms with Crippen molar-refractivity contribution in [2.24, 2.45) is 0 Å². The number of carbonyl (C=O) groups is 3. The molecule has 1 atom stereocenters. The zero-order valence-electron chi connectivity index (χ0n) is 40.9. The number of hydrogen-bond acceptors (Lipinski definition) is 6. The fraction of sp³-hybridized carbons (Fsp3) is 0.768. The van der Waals surface area contributed by atoms with E-state index in [1.54, 1.807) is 0 Å². The maximum atomic E-state index is 12.7. The Morgan fingerprint density at radius 2 is 0.645 bits per heavy atom. The zero-order valence-corrected chi connectivity index (χ0v) is 40.9. The molecule has 0 aliphatic heterocycles. The number of rotatable bonds is 47. The van der Waals surface area contributed by atoms with E-state index in [4.69, 9.17) is 14.2 Å².